The summed E-state index contributed by atoms with van der Waals surface area (Å²) in [6, 6.07) is 7.99. The Balaban J connectivity index is 1.73. The summed E-state index contributed by atoms with van der Waals surface area (Å²) in [5, 5.41) is 6.00. The molecule has 2 N–H and O–H groups in total. The van der Waals surface area contributed by atoms with Gasteiger partial charge in [0.2, 0.25) is 0 Å². The van der Waals surface area contributed by atoms with Gasteiger partial charge >= 0.3 is 6.03 Å². The minimum absolute atomic E-state index is 0.169. The lowest BCUT2D eigenvalue weighted by molar-refractivity contribution is 0.262. The molecule has 1 heterocycles. The molecule has 0 aliphatic carbocycles. The number of nitrogens with zero attached hydrogens (tertiary/aromatic N) is 1. The third-order valence-corrected chi connectivity index (χ3v) is 3.88. The lowest BCUT2D eigenvalue weighted by Crippen LogP contribution is -2.19. The molecule has 0 saturated carbocycles. The number of carbonyl (C=O) groups excluding carboxylic acids is 1. The summed E-state index contributed by atoms with van der Waals surface area (Å²) in [7, 11) is 0. The maximum absolute atomic E-state index is 13.1. The molecule has 0 aliphatic heterocycles. The molecule has 0 fully saturated rings. The Labute approximate surface area is 128 Å². The molecular formula is C15H11F2N3OS. The van der Waals surface area contributed by atoms with Crippen molar-refractivity contribution in [2.75, 3.05) is 10.6 Å². The second-order valence-electron chi connectivity index (χ2n) is 4.62. The number of rotatable bonds is 2. The molecular weight excluding hydrogens is 308 g/mol. The fraction of sp³-hybridized carbons (Fsp3) is 0.0667. The van der Waals surface area contributed by atoms with Crippen LogP contribution in [0.4, 0.5) is 25.0 Å². The van der Waals surface area contributed by atoms with Crippen LogP contribution in [-0.4, -0.2) is 11.0 Å². The number of aromatic nitrogens is 1. The molecule has 3 rings (SSSR count). The highest BCUT2D eigenvalue weighted by Crippen LogP contribution is 2.24. The van der Waals surface area contributed by atoms with E-state index in [1.165, 1.54) is 6.07 Å². The Morgan fingerprint density at radius 2 is 1.73 bits per heavy atom. The first kappa shape index (κ1) is 14.4. The van der Waals surface area contributed by atoms with Crippen LogP contribution >= 0.6 is 11.3 Å². The molecule has 0 aliphatic rings. The standard InChI is InChI=1S/C15H11F2N3OS/c1-8-18-13-7-10(3-5-14(13)22-8)20-15(21)19-9-2-4-11(16)12(17)6-9/h2-7H,1H3,(H2,19,20,21). The van der Waals surface area contributed by atoms with Gasteiger partial charge in [0.25, 0.3) is 0 Å². The second-order valence-corrected chi connectivity index (χ2v) is 5.86. The van der Waals surface area contributed by atoms with Crippen molar-refractivity contribution in [3.8, 4) is 0 Å². The van der Waals surface area contributed by atoms with Crippen molar-refractivity contribution in [3.05, 3.63) is 53.0 Å². The highest BCUT2D eigenvalue weighted by molar-refractivity contribution is 7.18. The van der Waals surface area contributed by atoms with Crippen molar-refractivity contribution >= 4 is 39.0 Å². The van der Waals surface area contributed by atoms with Crippen LogP contribution in [0, 0.1) is 18.6 Å². The Kier molecular flexibility index (Phi) is 3.72. The van der Waals surface area contributed by atoms with Crippen molar-refractivity contribution in [2.24, 2.45) is 0 Å². The first-order valence-electron chi connectivity index (χ1n) is 6.41. The van der Waals surface area contributed by atoms with Gasteiger partial charge in [-0.2, -0.15) is 0 Å². The third-order valence-electron chi connectivity index (χ3n) is 2.93. The van der Waals surface area contributed by atoms with E-state index in [2.05, 4.69) is 15.6 Å². The normalized spacial score (nSPS) is 10.7. The van der Waals surface area contributed by atoms with E-state index in [1.54, 1.807) is 23.5 Å². The average molecular weight is 319 g/mol. The van der Waals surface area contributed by atoms with E-state index in [-0.39, 0.29) is 5.69 Å². The van der Waals surface area contributed by atoms with Gasteiger partial charge < -0.3 is 10.6 Å². The molecule has 2 aromatic carbocycles. The van der Waals surface area contributed by atoms with Gasteiger partial charge in [-0.3, -0.25) is 0 Å². The molecule has 0 bridgehead atoms. The van der Waals surface area contributed by atoms with E-state index < -0.39 is 17.7 Å². The fourth-order valence-corrected chi connectivity index (χ4v) is 2.80. The number of fused-ring (bicyclic) bond motifs is 1. The number of anilines is 2. The topological polar surface area (TPSA) is 54.0 Å². The Morgan fingerprint density at radius 3 is 2.45 bits per heavy atom. The van der Waals surface area contributed by atoms with E-state index in [1.807, 2.05) is 13.0 Å². The third kappa shape index (κ3) is 3.04. The van der Waals surface area contributed by atoms with Crippen molar-refractivity contribution in [1.82, 2.24) is 4.98 Å². The smallest absolute Gasteiger partial charge is 0.308 e. The van der Waals surface area contributed by atoms with Gasteiger partial charge in [-0.1, -0.05) is 0 Å². The van der Waals surface area contributed by atoms with Crippen molar-refractivity contribution in [2.45, 2.75) is 6.92 Å². The zero-order chi connectivity index (χ0) is 15.7. The number of hydrogen-bond acceptors (Lipinski definition) is 3. The van der Waals surface area contributed by atoms with Gasteiger partial charge in [-0.15, -0.1) is 11.3 Å². The number of carbonyl (C=O) groups is 1. The van der Waals surface area contributed by atoms with Gasteiger partial charge in [0.15, 0.2) is 11.6 Å². The number of thiazole rings is 1. The van der Waals surface area contributed by atoms with E-state index in [4.69, 9.17) is 0 Å². The van der Waals surface area contributed by atoms with Crippen LogP contribution < -0.4 is 10.6 Å². The molecule has 4 nitrogen and oxygen atoms in total. The van der Waals surface area contributed by atoms with Crippen LogP contribution in [0.3, 0.4) is 0 Å². The molecule has 1 aromatic heterocycles. The first-order valence-corrected chi connectivity index (χ1v) is 7.23. The van der Waals surface area contributed by atoms with Crippen LogP contribution in [0.2, 0.25) is 0 Å². The maximum Gasteiger partial charge on any atom is 0.323 e. The molecule has 22 heavy (non-hydrogen) atoms. The zero-order valence-corrected chi connectivity index (χ0v) is 12.3. The second kappa shape index (κ2) is 5.69. The van der Waals surface area contributed by atoms with Crippen LogP contribution in [0.15, 0.2) is 36.4 Å². The number of halogens is 2. The molecule has 0 radical (unpaired) electrons. The number of benzene rings is 2. The van der Waals surface area contributed by atoms with Crippen LogP contribution in [0.1, 0.15) is 5.01 Å². The van der Waals surface area contributed by atoms with Gasteiger partial charge in [-0.25, -0.2) is 18.6 Å². The molecule has 2 amide bonds. The maximum atomic E-state index is 13.1. The summed E-state index contributed by atoms with van der Waals surface area (Å²) < 4.78 is 26.9. The molecule has 3 aromatic rings. The average Bonchev–Trinajstić information content (AvgIpc) is 2.82. The van der Waals surface area contributed by atoms with E-state index >= 15 is 0 Å². The number of hydrogen-bond donors (Lipinski definition) is 2. The number of aryl methyl sites for hydroxylation is 1. The SMILES string of the molecule is Cc1nc2cc(NC(=O)Nc3ccc(F)c(F)c3)ccc2s1. The van der Waals surface area contributed by atoms with Gasteiger partial charge in [0.1, 0.15) is 0 Å². The summed E-state index contributed by atoms with van der Waals surface area (Å²) in [5.74, 6) is -1.98. The number of urea groups is 1. The summed E-state index contributed by atoms with van der Waals surface area (Å²) in [6.45, 7) is 1.91. The molecule has 0 atom stereocenters. The predicted octanol–water partition coefficient (Wildman–Crippen LogP) is 4.53. The summed E-state index contributed by atoms with van der Waals surface area (Å²) in [5.41, 5.74) is 1.54. The van der Waals surface area contributed by atoms with Crippen molar-refractivity contribution < 1.29 is 13.6 Å². The van der Waals surface area contributed by atoms with Gasteiger partial charge in [0.05, 0.1) is 15.2 Å². The fourth-order valence-electron chi connectivity index (χ4n) is 1.99. The van der Waals surface area contributed by atoms with Crippen molar-refractivity contribution in [1.29, 1.82) is 0 Å². The van der Waals surface area contributed by atoms with Gasteiger partial charge in [0, 0.05) is 17.4 Å². The van der Waals surface area contributed by atoms with Crippen LogP contribution in [0.25, 0.3) is 10.2 Å². The largest absolute Gasteiger partial charge is 0.323 e. The molecule has 112 valence electrons. The Bertz CT molecular complexity index is 863. The summed E-state index contributed by atoms with van der Waals surface area (Å²) in [6.07, 6.45) is 0. The molecule has 0 saturated heterocycles. The van der Waals surface area contributed by atoms with E-state index in [0.29, 0.717) is 5.69 Å². The molecule has 7 heteroatoms. The molecule has 0 spiro atoms. The number of amides is 2. The minimum atomic E-state index is -1.02. The van der Waals surface area contributed by atoms with E-state index in [9.17, 15) is 13.6 Å². The summed E-state index contributed by atoms with van der Waals surface area (Å²) >= 11 is 1.57. The quantitative estimate of drug-likeness (QED) is 0.729. The lowest BCUT2D eigenvalue weighted by Gasteiger charge is -2.08. The van der Waals surface area contributed by atoms with Crippen LogP contribution in [-0.2, 0) is 0 Å². The number of nitrogens with one attached hydrogen (secondary N) is 2. The Morgan fingerprint density at radius 1 is 1.05 bits per heavy atom. The minimum Gasteiger partial charge on any atom is -0.308 e. The lowest BCUT2D eigenvalue weighted by atomic mass is 10.3. The van der Waals surface area contributed by atoms with E-state index in [0.717, 1.165) is 27.4 Å². The first-order chi connectivity index (χ1) is 10.5. The van der Waals surface area contributed by atoms with Crippen molar-refractivity contribution in [3.63, 3.8) is 0 Å². The molecule has 0 unspecified atom stereocenters. The highest BCUT2D eigenvalue weighted by Gasteiger charge is 2.08. The summed E-state index contributed by atoms with van der Waals surface area (Å²) in [4.78, 5) is 16.2. The monoisotopic (exact) mass is 319 g/mol. The predicted molar refractivity (Wildman–Crippen MR) is 83.4 cm³/mol. The zero-order valence-electron chi connectivity index (χ0n) is 11.5. The van der Waals surface area contributed by atoms with Gasteiger partial charge in [-0.05, 0) is 37.3 Å². The highest BCUT2D eigenvalue weighted by atomic mass is 32.1. The Hall–Kier alpha value is -2.54. The van der Waals surface area contributed by atoms with Crippen LogP contribution in [0.5, 0.6) is 0 Å².